The van der Waals surface area contributed by atoms with Gasteiger partial charge in [0.15, 0.2) is 0 Å². The van der Waals surface area contributed by atoms with Gasteiger partial charge in [0, 0.05) is 12.7 Å². The minimum atomic E-state index is -0.393. The van der Waals surface area contributed by atoms with E-state index in [-0.39, 0.29) is 0 Å². The summed E-state index contributed by atoms with van der Waals surface area (Å²) in [5, 5.41) is 0.840. The van der Waals surface area contributed by atoms with Crippen molar-refractivity contribution in [1.82, 2.24) is 5.48 Å². The number of urea groups is 1. The Balaban J connectivity index is 2.86. The quantitative estimate of drug-likeness (QED) is 0.818. The fourth-order valence-corrected chi connectivity index (χ4v) is 1.26. The maximum Gasteiger partial charge on any atom is 0.345 e. The highest BCUT2D eigenvalue weighted by Gasteiger charge is 2.11. The molecular weight excluding hydrogens is 239 g/mol. The van der Waals surface area contributed by atoms with Crippen molar-refractivity contribution in [2.75, 3.05) is 19.1 Å². The van der Waals surface area contributed by atoms with Crippen LogP contribution in [0, 0.1) is 0 Å². The van der Waals surface area contributed by atoms with Crippen LogP contribution in [0.25, 0.3) is 0 Å². The number of anilines is 1. The molecule has 15 heavy (non-hydrogen) atoms. The molecule has 0 spiro atoms. The number of amides is 2. The number of hydrogen-bond donors (Lipinski definition) is 1. The molecule has 0 aromatic heterocycles. The Kier molecular flexibility index (Phi) is 4.20. The highest BCUT2D eigenvalue weighted by Crippen LogP contribution is 2.26. The summed E-state index contributed by atoms with van der Waals surface area (Å²) in [4.78, 5) is 17.2. The molecule has 0 heterocycles. The second-order valence-corrected chi connectivity index (χ2v) is 3.58. The predicted octanol–water partition coefficient (Wildman–Crippen LogP) is 2.70. The number of hydrogen-bond acceptors (Lipinski definition) is 2. The first-order chi connectivity index (χ1) is 7.06. The summed E-state index contributed by atoms with van der Waals surface area (Å²) in [6.07, 6.45) is 0. The number of nitrogens with one attached hydrogen (secondary N) is 1. The van der Waals surface area contributed by atoms with Gasteiger partial charge >= 0.3 is 6.03 Å². The number of rotatable bonds is 2. The third-order valence-electron chi connectivity index (χ3n) is 1.78. The second-order valence-electron chi connectivity index (χ2n) is 2.77. The van der Waals surface area contributed by atoms with Gasteiger partial charge in [0.1, 0.15) is 0 Å². The first-order valence-electron chi connectivity index (χ1n) is 4.08. The Morgan fingerprint density at radius 1 is 1.40 bits per heavy atom. The van der Waals surface area contributed by atoms with E-state index < -0.39 is 6.03 Å². The molecule has 6 heteroatoms. The van der Waals surface area contributed by atoms with E-state index in [1.54, 1.807) is 25.2 Å². The number of nitrogens with zero attached hydrogens (tertiary/aromatic N) is 1. The zero-order chi connectivity index (χ0) is 11.4. The van der Waals surface area contributed by atoms with Crippen molar-refractivity contribution in [3.63, 3.8) is 0 Å². The van der Waals surface area contributed by atoms with Gasteiger partial charge in [-0.25, -0.2) is 10.3 Å². The van der Waals surface area contributed by atoms with E-state index in [1.165, 1.54) is 12.0 Å². The lowest BCUT2D eigenvalue weighted by Crippen LogP contribution is -2.36. The lowest BCUT2D eigenvalue weighted by molar-refractivity contribution is 0.111. The van der Waals surface area contributed by atoms with Crippen molar-refractivity contribution in [1.29, 1.82) is 0 Å². The van der Waals surface area contributed by atoms with Crippen molar-refractivity contribution in [2.45, 2.75) is 0 Å². The maximum absolute atomic E-state index is 11.4. The largest absolute Gasteiger partial charge is 0.345 e. The van der Waals surface area contributed by atoms with Crippen molar-refractivity contribution >= 4 is 34.9 Å². The SMILES string of the molecule is CONC(=O)N(C)c1ccc(Cl)c(Cl)c1. The molecule has 0 aliphatic rings. The Labute approximate surface area is 97.7 Å². The first kappa shape index (κ1) is 12.1. The zero-order valence-corrected chi connectivity index (χ0v) is 9.76. The van der Waals surface area contributed by atoms with Gasteiger partial charge in [0.05, 0.1) is 17.2 Å². The lowest BCUT2D eigenvalue weighted by Gasteiger charge is -2.17. The first-order valence-corrected chi connectivity index (χ1v) is 4.83. The van der Waals surface area contributed by atoms with E-state index >= 15 is 0 Å². The lowest BCUT2D eigenvalue weighted by atomic mass is 10.3. The molecule has 0 aliphatic carbocycles. The summed E-state index contributed by atoms with van der Waals surface area (Å²) < 4.78 is 0. The van der Waals surface area contributed by atoms with E-state index in [0.717, 1.165) is 0 Å². The average Bonchev–Trinajstić information content (AvgIpc) is 2.21. The van der Waals surface area contributed by atoms with E-state index in [2.05, 4.69) is 10.3 Å². The van der Waals surface area contributed by atoms with Crippen molar-refractivity contribution < 1.29 is 9.63 Å². The van der Waals surface area contributed by atoms with Gasteiger partial charge in [-0.1, -0.05) is 23.2 Å². The number of carbonyl (C=O) groups excluding carboxylic acids is 1. The zero-order valence-electron chi connectivity index (χ0n) is 8.25. The van der Waals surface area contributed by atoms with Crippen LogP contribution in [0.4, 0.5) is 10.5 Å². The summed E-state index contributed by atoms with van der Waals surface area (Å²) in [5.41, 5.74) is 2.81. The molecule has 0 saturated carbocycles. The number of carbonyl (C=O) groups is 1. The standard InChI is InChI=1S/C9H10Cl2N2O2/c1-13(9(14)12-15-2)6-3-4-7(10)8(11)5-6/h3-5H,1-2H3,(H,12,14). The van der Waals surface area contributed by atoms with E-state index in [9.17, 15) is 4.79 Å². The van der Waals surface area contributed by atoms with Gasteiger partial charge < -0.3 is 0 Å². The minimum absolute atomic E-state index is 0.393. The molecule has 2 amide bonds. The predicted molar refractivity (Wildman–Crippen MR) is 60.4 cm³/mol. The van der Waals surface area contributed by atoms with Crippen LogP contribution in [0.5, 0.6) is 0 Å². The third kappa shape index (κ3) is 2.99. The van der Waals surface area contributed by atoms with Gasteiger partial charge in [0.25, 0.3) is 0 Å². The highest BCUT2D eigenvalue weighted by atomic mass is 35.5. The van der Waals surface area contributed by atoms with Crippen molar-refractivity contribution in [3.8, 4) is 0 Å². The van der Waals surface area contributed by atoms with Crippen molar-refractivity contribution in [3.05, 3.63) is 28.2 Å². The van der Waals surface area contributed by atoms with Gasteiger partial charge in [-0.05, 0) is 18.2 Å². The van der Waals surface area contributed by atoms with Crippen LogP contribution in [0.3, 0.4) is 0 Å². The molecule has 1 N–H and O–H groups in total. The average molecular weight is 249 g/mol. The minimum Gasteiger partial charge on any atom is -0.296 e. The fraction of sp³-hybridized carbons (Fsp3) is 0.222. The van der Waals surface area contributed by atoms with Gasteiger partial charge in [-0.2, -0.15) is 0 Å². The van der Waals surface area contributed by atoms with Crippen LogP contribution in [-0.4, -0.2) is 20.2 Å². The van der Waals surface area contributed by atoms with Gasteiger partial charge in [0.2, 0.25) is 0 Å². The van der Waals surface area contributed by atoms with Crippen molar-refractivity contribution in [2.24, 2.45) is 0 Å². The Bertz CT molecular complexity index is 371. The molecule has 1 aromatic rings. The van der Waals surface area contributed by atoms with E-state index in [0.29, 0.717) is 15.7 Å². The smallest absolute Gasteiger partial charge is 0.296 e. The third-order valence-corrected chi connectivity index (χ3v) is 2.52. The number of benzene rings is 1. The Morgan fingerprint density at radius 2 is 2.07 bits per heavy atom. The van der Waals surface area contributed by atoms with Crippen LogP contribution in [0.1, 0.15) is 0 Å². The summed E-state index contributed by atoms with van der Waals surface area (Å²) in [6.45, 7) is 0. The molecule has 0 fully saturated rings. The van der Waals surface area contributed by atoms with Crippen LogP contribution >= 0.6 is 23.2 Å². The van der Waals surface area contributed by atoms with E-state index in [1.807, 2.05) is 0 Å². The molecule has 1 rings (SSSR count). The molecule has 0 aliphatic heterocycles. The monoisotopic (exact) mass is 248 g/mol. The number of hydroxylamine groups is 1. The topological polar surface area (TPSA) is 41.6 Å². The molecule has 1 aromatic carbocycles. The molecule has 0 radical (unpaired) electrons. The van der Waals surface area contributed by atoms with Crippen LogP contribution < -0.4 is 10.4 Å². The summed E-state index contributed by atoms with van der Waals surface area (Å²) in [7, 11) is 2.95. The van der Waals surface area contributed by atoms with Crippen LogP contribution in [-0.2, 0) is 4.84 Å². The Morgan fingerprint density at radius 3 is 2.60 bits per heavy atom. The molecule has 82 valence electrons. The summed E-state index contributed by atoms with van der Waals surface area (Å²) in [6, 6.07) is 4.51. The molecule has 0 unspecified atom stereocenters. The van der Waals surface area contributed by atoms with Gasteiger partial charge in [-0.3, -0.25) is 9.74 Å². The molecule has 4 nitrogen and oxygen atoms in total. The normalized spacial score (nSPS) is 9.87. The van der Waals surface area contributed by atoms with E-state index in [4.69, 9.17) is 23.2 Å². The summed E-state index contributed by atoms with van der Waals surface area (Å²) >= 11 is 11.6. The second kappa shape index (κ2) is 5.21. The molecule has 0 bridgehead atoms. The summed E-state index contributed by atoms with van der Waals surface area (Å²) in [5.74, 6) is 0. The highest BCUT2D eigenvalue weighted by molar-refractivity contribution is 6.42. The molecule has 0 saturated heterocycles. The Hall–Kier alpha value is -0.970. The maximum atomic E-state index is 11.4. The van der Waals surface area contributed by atoms with Crippen LogP contribution in [0.2, 0.25) is 10.0 Å². The molecular formula is C9H10Cl2N2O2. The fourth-order valence-electron chi connectivity index (χ4n) is 0.967. The van der Waals surface area contributed by atoms with Gasteiger partial charge in [-0.15, -0.1) is 0 Å². The molecule has 0 atom stereocenters. The van der Waals surface area contributed by atoms with Crippen LogP contribution in [0.15, 0.2) is 18.2 Å². The number of halogens is 2.